The van der Waals surface area contributed by atoms with Crippen molar-refractivity contribution in [1.29, 1.82) is 0 Å². The number of aliphatic carboxylic acids is 1. The minimum Gasteiger partial charge on any atom is -0.481 e. The van der Waals surface area contributed by atoms with Crippen LogP contribution in [0.3, 0.4) is 0 Å². The molecule has 0 radical (unpaired) electrons. The number of hydrogen-bond acceptors (Lipinski definition) is 4. The molecular formula is C22H19Cl2N3O5. The van der Waals surface area contributed by atoms with Gasteiger partial charge in [-0.05, 0) is 29.8 Å². The third kappa shape index (κ3) is 4.92. The first-order valence-corrected chi connectivity index (χ1v) is 10.3. The van der Waals surface area contributed by atoms with Crippen molar-refractivity contribution >= 4 is 52.6 Å². The molecule has 32 heavy (non-hydrogen) atoms. The van der Waals surface area contributed by atoms with Crippen LogP contribution in [-0.4, -0.2) is 53.3 Å². The van der Waals surface area contributed by atoms with Gasteiger partial charge in [-0.15, -0.1) is 0 Å². The lowest BCUT2D eigenvalue weighted by molar-refractivity contribution is -0.137. The van der Waals surface area contributed by atoms with E-state index in [1.165, 1.54) is 24.2 Å². The number of nitrogens with one attached hydrogen (secondary N) is 1. The molecule has 10 heteroatoms. The maximum absolute atomic E-state index is 13.0. The summed E-state index contributed by atoms with van der Waals surface area (Å²) in [5.74, 6) is -2.28. The molecule has 3 rings (SSSR count). The number of hydrogen-bond donors (Lipinski definition) is 2. The number of halogens is 2. The van der Waals surface area contributed by atoms with E-state index < -0.39 is 29.7 Å². The second-order valence-electron chi connectivity index (χ2n) is 6.96. The van der Waals surface area contributed by atoms with Gasteiger partial charge in [0.25, 0.3) is 5.91 Å². The van der Waals surface area contributed by atoms with Crippen molar-refractivity contribution < 1.29 is 24.3 Å². The Labute approximate surface area is 194 Å². The fourth-order valence-corrected chi connectivity index (χ4v) is 3.85. The molecule has 0 fully saturated rings. The zero-order chi connectivity index (χ0) is 23.4. The van der Waals surface area contributed by atoms with E-state index in [-0.39, 0.29) is 18.7 Å². The second-order valence-corrected chi connectivity index (χ2v) is 7.78. The molecule has 0 unspecified atom stereocenters. The minimum absolute atomic E-state index is 0.179. The molecule has 2 aromatic rings. The second kappa shape index (κ2) is 9.84. The fraction of sp³-hybridized carbons (Fsp3) is 0.182. The molecule has 0 aliphatic carbocycles. The maximum atomic E-state index is 13.0. The third-order valence-corrected chi connectivity index (χ3v) is 5.41. The highest BCUT2D eigenvalue weighted by Gasteiger charge is 2.39. The standard InChI is InChI=1S/C22H19Cl2N3O5/c1-26-11-9-17(28)20(21(26)31)27(22(32)25-10-8-18(29)30)14-5-2-4-13(12-14)19-15(23)6-3-7-16(19)24/h2-7,9,11-12,20H,8,10H2,1H3,(H,25,32)(H,29,30)/t20-/m0/s1. The van der Waals surface area contributed by atoms with Crippen LogP contribution in [0.2, 0.25) is 10.0 Å². The van der Waals surface area contributed by atoms with E-state index in [9.17, 15) is 19.2 Å². The lowest BCUT2D eigenvalue weighted by Crippen LogP contribution is -2.57. The van der Waals surface area contributed by atoms with Crippen LogP contribution in [-0.2, 0) is 14.4 Å². The van der Waals surface area contributed by atoms with Crippen LogP contribution in [0.25, 0.3) is 11.1 Å². The number of benzene rings is 2. The van der Waals surface area contributed by atoms with Crippen LogP contribution in [0.15, 0.2) is 54.7 Å². The van der Waals surface area contributed by atoms with Gasteiger partial charge in [0.1, 0.15) is 0 Å². The first kappa shape index (κ1) is 23.3. The summed E-state index contributed by atoms with van der Waals surface area (Å²) in [6, 6.07) is 9.30. The van der Waals surface area contributed by atoms with E-state index in [4.69, 9.17) is 28.3 Å². The normalized spacial score (nSPS) is 15.6. The van der Waals surface area contributed by atoms with Crippen molar-refractivity contribution in [1.82, 2.24) is 10.2 Å². The highest BCUT2D eigenvalue weighted by molar-refractivity contribution is 6.39. The maximum Gasteiger partial charge on any atom is 0.323 e. The third-order valence-electron chi connectivity index (χ3n) is 4.78. The van der Waals surface area contributed by atoms with Crippen molar-refractivity contribution in [2.75, 3.05) is 18.5 Å². The number of carbonyl (C=O) groups excluding carboxylic acids is 3. The predicted molar refractivity (Wildman–Crippen MR) is 121 cm³/mol. The SMILES string of the molecule is CN1C=CC(=O)[C@H](N(C(=O)NCCC(=O)O)c2cccc(-c3c(Cl)cccc3Cl)c2)C1=O. The van der Waals surface area contributed by atoms with Gasteiger partial charge in [-0.1, -0.05) is 41.4 Å². The Morgan fingerprint density at radius 2 is 1.78 bits per heavy atom. The average molecular weight is 476 g/mol. The molecule has 0 saturated carbocycles. The molecular weight excluding hydrogens is 457 g/mol. The summed E-state index contributed by atoms with van der Waals surface area (Å²) in [4.78, 5) is 51.5. The molecule has 0 bridgehead atoms. The Kier molecular flexibility index (Phi) is 7.17. The first-order valence-electron chi connectivity index (χ1n) is 9.52. The van der Waals surface area contributed by atoms with E-state index in [0.717, 1.165) is 4.90 Å². The molecule has 0 aromatic heterocycles. The molecule has 1 atom stereocenters. The van der Waals surface area contributed by atoms with Crippen molar-refractivity contribution in [2.45, 2.75) is 12.5 Å². The summed E-state index contributed by atoms with van der Waals surface area (Å²) < 4.78 is 0. The van der Waals surface area contributed by atoms with Crippen molar-refractivity contribution in [3.63, 3.8) is 0 Å². The topological polar surface area (TPSA) is 107 Å². The molecule has 1 aliphatic heterocycles. The lowest BCUT2D eigenvalue weighted by atomic mass is 10.0. The Morgan fingerprint density at radius 1 is 1.12 bits per heavy atom. The molecule has 8 nitrogen and oxygen atoms in total. The van der Waals surface area contributed by atoms with Crippen LogP contribution in [0.1, 0.15) is 6.42 Å². The van der Waals surface area contributed by atoms with Gasteiger partial charge in [-0.2, -0.15) is 0 Å². The Bertz CT molecular complexity index is 1100. The number of carbonyl (C=O) groups is 4. The molecule has 166 valence electrons. The zero-order valence-corrected chi connectivity index (χ0v) is 18.4. The van der Waals surface area contributed by atoms with Gasteiger partial charge in [0, 0.05) is 47.2 Å². The number of urea groups is 1. The number of carboxylic acid groups (broad SMARTS) is 1. The van der Waals surface area contributed by atoms with E-state index in [0.29, 0.717) is 21.2 Å². The minimum atomic E-state index is -1.45. The average Bonchev–Trinajstić information content (AvgIpc) is 2.73. The van der Waals surface area contributed by atoms with Crippen molar-refractivity contribution in [3.05, 3.63) is 64.8 Å². The quantitative estimate of drug-likeness (QED) is 0.620. The number of ketones is 1. The van der Waals surface area contributed by atoms with Crippen LogP contribution < -0.4 is 10.2 Å². The van der Waals surface area contributed by atoms with Gasteiger partial charge in [-0.25, -0.2) is 4.79 Å². The smallest absolute Gasteiger partial charge is 0.323 e. The summed E-state index contributed by atoms with van der Waals surface area (Å²) in [5.41, 5.74) is 1.34. The number of amides is 3. The van der Waals surface area contributed by atoms with Gasteiger partial charge >= 0.3 is 12.0 Å². The molecule has 0 spiro atoms. The van der Waals surface area contributed by atoms with Crippen LogP contribution >= 0.6 is 23.2 Å². The van der Waals surface area contributed by atoms with Gasteiger partial charge in [-0.3, -0.25) is 19.3 Å². The van der Waals surface area contributed by atoms with Crippen LogP contribution in [0.4, 0.5) is 10.5 Å². The Balaban J connectivity index is 2.06. The fourth-order valence-electron chi connectivity index (χ4n) is 3.23. The van der Waals surface area contributed by atoms with Crippen LogP contribution in [0, 0.1) is 0 Å². The number of rotatable bonds is 6. The van der Waals surface area contributed by atoms with Crippen molar-refractivity contribution in [3.8, 4) is 11.1 Å². The summed E-state index contributed by atoms with van der Waals surface area (Å²) in [5, 5.41) is 12.1. The zero-order valence-electron chi connectivity index (χ0n) is 16.9. The Hall–Kier alpha value is -3.36. The van der Waals surface area contributed by atoms with E-state index in [2.05, 4.69) is 5.32 Å². The van der Waals surface area contributed by atoms with Gasteiger partial charge < -0.3 is 15.3 Å². The Morgan fingerprint density at radius 3 is 2.44 bits per heavy atom. The van der Waals surface area contributed by atoms with Gasteiger partial charge in [0.15, 0.2) is 11.8 Å². The molecule has 2 aromatic carbocycles. The molecule has 1 aliphatic rings. The van der Waals surface area contributed by atoms with Crippen LogP contribution in [0.5, 0.6) is 0 Å². The van der Waals surface area contributed by atoms with E-state index in [1.807, 2.05) is 0 Å². The predicted octanol–water partition coefficient (Wildman–Crippen LogP) is 3.57. The molecule has 3 amide bonds. The van der Waals surface area contributed by atoms with Crippen molar-refractivity contribution in [2.24, 2.45) is 0 Å². The molecule has 1 heterocycles. The van der Waals surface area contributed by atoms with E-state index >= 15 is 0 Å². The number of carboxylic acids is 1. The number of nitrogens with zero attached hydrogens (tertiary/aromatic N) is 2. The van der Waals surface area contributed by atoms with Gasteiger partial charge in [0.2, 0.25) is 0 Å². The number of likely N-dealkylation sites (N-methyl/N-ethyl adjacent to an activating group) is 1. The molecule has 2 N–H and O–H groups in total. The summed E-state index contributed by atoms with van der Waals surface area (Å²) >= 11 is 12.6. The number of anilines is 1. The summed E-state index contributed by atoms with van der Waals surface area (Å²) in [6.45, 7) is -0.179. The molecule has 0 saturated heterocycles. The van der Waals surface area contributed by atoms with Gasteiger partial charge in [0.05, 0.1) is 6.42 Å². The summed E-state index contributed by atoms with van der Waals surface area (Å²) in [7, 11) is 1.47. The highest BCUT2D eigenvalue weighted by Crippen LogP contribution is 2.36. The first-order chi connectivity index (χ1) is 15.2. The highest BCUT2D eigenvalue weighted by atomic mass is 35.5. The van der Waals surface area contributed by atoms with E-state index in [1.54, 1.807) is 42.5 Å². The monoisotopic (exact) mass is 475 g/mol. The summed E-state index contributed by atoms with van der Waals surface area (Å²) in [6.07, 6.45) is 2.21. The largest absolute Gasteiger partial charge is 0.481 e. The lowest BCUT2D eigenvalue weighted by Gasteiger charge is -2.33.